The van der Waals surface area contributed by atoms with Crippen LogP contribution in [0.2, 0.25) is 0 Å². The summed E-state index contributed by atoms with van der Waals surface area (Å²) in [5, 5.41) is 14.6. The molecule has 2 atom stereocenters. The van der Waals surface area contributed by atoms with E-state index in [-0.39, 0.29) is 11.4 Å². The predicted molar refractivity (Wildman–Crippen MR) is 113 cm³/mol. The molecule has 0 spiro atoms. The summed E-state index contributed by atoms with van der Waals surface area (Å²) in [5.74, 6) is 0.194. The number of benzene rings is 1. The van der Waals surface area contributed by atoms with Crippen LogP contribution in [0.4, 0.5) is 5.69 Å². The molecule has 0 radical (unpaired) electrons. The van der Waals surface area contributed by atoms with Crippen LogP contribution in [0.5, 0.6) is 0 Å². The largest absolute Gasteiger partial charge is 0.388 e. The van der Waals surface area contributed by atoms with E-state index in [1.807, 2.05) is 0 Å². The zero-order valence-corrected chi connectivity index (χ0v) is 17.4. The number of nitrogens with one attached hydrogen (secondary N) is 1. The number of carbonyl (C=O) groups excluding carboxylic acids is 1. The van der Waals surface area contributed by atoms with Crippen LogP contribution in [-0.4, -0.2) is 59.3 Å². The van der Waals surface area contributed by atoms with Gasteiger partial charge in [-0.05, 0) is 63.6 Å². The van der Waals surface area contributed by atoms with Crippen LogP contribution in [0.25, 0.3) is 0 Å². The summed E-state index contributed by atoms with van der Waals surface area (Å²) < 4.78 is 0. The molecule has 28 heavy (non-hydrogen) atoms. The second kappa shape index (κ2) is 7.68. The lowest BCUT2D eigenvalue weighted by Gasteiger charge is -2.44. The normalized spacial score (nSPS) is 31.0. The maximum Gasteiger partial charge on any atom is 0.220 e. The van der Waals surface area contributed by atoms with Gasteiger partial charge in [-0.1, -0.05) is 18.6 Å². The number of nitrogens with zero attached hydrogens (tertiary/aromatic N) is 2. The van der Waals surface area contributed by atoms with Crippen molar-refractivity contribution >= 4 is 11.6 Å². The van der Waals surface area contributed by atoms with E-state index in [1.165, 1.54) is 11.3 Å². The average molecular weight is 386 g/mol. The third-order valence-corrected chi connectivity index (χ3v) is 7.21. The first-order chi connectivity index (χ1) is 13.4. The molecular formula is C23H35N3O2. The van der Waals surface area contributed by atoms with Crippen molar-refractivity contribution in [3.8, 4) is 0 Å². The van der Waals surface area contributed by atoms with E-state index in [1.54, 1.807) is 0 Å². The van der Waals surface area contributed by atoms with Gasteiger partial charge in [0.25, 0.3) is 0 Å². The lowest BCUT2D eigenvalue weighted by atomic mass is 9.85. The Labute approximate surface area is 169 Å². The minimum atomic E-state index is -0.627. The van der Waals surface area contributed by atoms with Gasteiger partial charge in [0.1, 0.15) is 0 Å². The standard InChI is InChI=1S/C23H35N3O2/c1-18-6-5-7-19(16-18)25-14-11-23(28,12-15-25)17-26-13-10-22(2)20(26)8-3-4-9-21(27)24-22/h5-7,16,20,28H,3-4,8-15,17H2,1-2H3,(H,24,27)/t20-,22-/m0/s1. The zero-order valence-electron chi connectivity index (χ0n) is 17.4. The van der Waals surface area contributed by atoms with Gasteiger partial charge < -0.3 is 15.3 Å². The van der Waals surface area contributed by atoms with Gasteiger partial charge in [0.2, 0.25) is 5.91 Å². The van der Waals surface area contributed by atoms with E-state index in [0.29, 0.717) is 12.5 Å². The van der Waals surface area contributed by atoms with Gasteiger partial charge in [-0.3, -0.25) is 9.69 Å². The molecule has 3 saturated heterocycles. The third-order valence-electron chi connectivity index (χ3n) is 7.21. The number of anilines is 1. The van der Waals surface area contributed by atoms with E-state index in [4.69, 9.17) is 0 Å². The number of aryl methyl sites for hydroxylation is 1. The highest BCUT2D eigenvalue weighted by Crippen LogP contribution is 2.36. The van der Waals surface area contributed by atoms with Crippen molar-refractivity contribution in [3.05, 3.63) is 29.8 Å². The molecular weight excluding hydrogens is 350 g/mol. The van der Waals surface area contributed by atoms with Crippen molar-refractivity contribution in [2.45, 2.75) is 76.0 Å². The number of aliphatic hydroxyl groups is 1. The van der Waals surface area contributed by atoms with E-state index in [0.717, 1.165) is 64.7 Å². The number of hydrogen-bond donors (Lipinski definition) is 2. The molecule has 3 aliphatic heterocycles. The average Bonchev–Trinajstić information content (AvgIpc) is 2.92. The van der Waals surface area contributed by atoms with Gasteiger partial charge in [-0.2, -0.15) is 0 Å². The lowest BCUT2D eigenvalue weighted by molar-refractivity contribution is -0.124. The van der Waals surface area contributed by atoms with Crippen molar-refractivity contribution in [1.29, 1.82) is 0 Å². The molecule has 0 aromatic heterocycles. The second-order valence-corrected chi connectivity index (χ2v) is 9.50. The fraction of sp³-hybridized carbons (Fsp3) is 0.696. The van der Waals surface area contributed by atoms with E-state index < -0.39 is 5.60 Å². The lowest BCUT2D eigenvalue weighted by Crippen LogP contribution is -2.58. The molecule has 5 heteroatoms. The van der Waals surface area contributed by atoms with Crippen LogP contribution >= 0.6 is 0 Å². The van der Waals surface area contributed by atoms with Gasteiger partial charge in [0.05, 0.1) is 11.1 Å². The third kappa shape index (κ3) is 4.06. The molecule has 0 aliphatic carbocycles. The second-order valence-electron chi connectivity index (χ2n) is 9.50. The monoisotopic (exact) mass is 385 g/mol. The number of β-amino-alcohol motifs (C(OH)–C–C–N with tert-alkyl or cyclic N) is 1. The molecule has 1 aromatic carbocycles. The molecule has 3 aliphatic rings. The number of piperidine rings is 1. The summed E-state index contributed by atoms with van der Waals surface area (Å²) in [6.07, 6.45) is 6.42. The maximum absolute atomic E-state index is 12.2. The van der Waals surface area contributed by atoms with Crippen LogP contribution in [-0.2, 0) is 4.79 Å². The molecule has 3 fully saturated rings. The zero-order chi connectivity index (χ0) is 19.8. The van der Waals surface area contributed by atoms with Gasteiger partial charge in [0.15, 0.2) is 0 Å². The first-order valence-corrected chi connectivity index (χ1v) is 11.0. The number of fused-ring (bicyclic) bond motifs is 1. The minimum Gasteiger partial charge on any atom is -0.388 e. The quantitative estimate of drug-likeness (QED) is 0.840. The molecule has 154 valence electrons. The van der Waals surface area contributed by atoms with Crippen LogP contribution in [0.15, 0.2) is 24.3 Å². The maximum atomic E-state index is 12.2. The topological polar surface area (TPSA) is 55.8 Å². The number of rotatable bonds is 3. The van der Waals surface area contributed by atoms with Crippen molar-refractivity contribution in [2.24, 2.45) is 0 Å². The Morgan fingerprint density at radius 1 is 1.18 bits per heavy atom. The molecule has 0 saturated carbocycles. The Kier molecular flexibility index (Phi) is 5.41. The van der Waals surface area contributed by atoms with Crippen LogP contribution in [0.3, 0.4) is 0 Å². The van der Waals surface area contributed by atoms with E-state index >= 15 is 0 Å². The Bertz CT molecular complexity index is 714. The summed E-state index contributed by atoms with van der Waals surface area (Å²) >= 11 is 0. The number of amides is 1. The van der Waals surface area contributed by atoms with Gasteiger partial charge in [0, 0.05) is 44.3 Å². The van der Waals surface area contributed by atoms with Gasteiger partial charge >= 0.3 is 0 Å². The Morgan fingerprint density at radius 2 is 1.96 bits per heavy atom. The number of hydrogen-bond acceptors (Lipinski definition) is 4. The van der Waals surface area contributed by atoms with Crippen LogP contribution in [0, 0.1) is 6.92 Å². The van der Waals surface area contributed by atoms with Gasteiger partial charge in [-0.25, -0.2) is 0 Å². The summed E-state index contributed by atoms with van der Waals surface area (Å²) in [7, 11) is 0. The smallest absolute Gasteiger partial charge is 0.220 e. The summed E-state index contributed by atoms with van der Waals surface area (Å²) in [6, 6.07) is 8.98. The SMILES string of the molecule is Cc1cccc(N2CCC(O)(CN3CC[C@]4(C)NC(=O)CCCC[C@H]34)CC2)c1. The van der Waals surface area contributed by atoms with E-state index in [9.17, 15) is 9.90 Å². The first kappa shape index (κ1) is 19.7. The van der Waals surface area contributed by atoms with Crippen molar-refractivity contribution in [2.75, 3.05) is 31.1 Å². The Balaban J connectivity index is 1.39. The predicted octanol–water partition coefficient (Wildman–Crippen LogP) is 2.85. The molecule has 1 amide bonds. The van der Waals surface area contributed by atoms with Crippen molar-refractivity contribution in [3.63, 3.8) is 0 Å². The Morgan fingerprint density at radius 3 is 2.71 bits per heavy atom. The highest BCUT2D eigenvalue weighted by molar-refractivity contribution is 5.77. The Hall–Kier alpha value is -1.59. The fourth-order valence-corrected chi connectivity index (χ4v) is 5.48. The number of carbonyl (C=O) groups is 1. The van der Waals surface area contributed by atoms with Crippen LogP contribution in [0.1, 0.15) is 57.4 Å². The molecule has 0 bridgehead atoms. The highest BCUT2D eigenvalue weighted by Gasteiger charge is 2.47. The molecule has 4 rings (SSSR count). The van der Waals surface area contributed by atoms with Crippen molar-refractivity contribution in [1.82, 2.24) is 10.2 Å². The van der Waals surface area contributed by atoms with E-state index in [2.05, 4.69) is 53.2 Å². The molecule has 2 N–H and O–H groups in total. The molecule has 1 aromatic rings. The van der Waals surface area contributed by atoms with Gasteiger partial charge in [-0.15, -0.1) is 0 Å². The highest BCUT2D eigenvalue weighted by atomic mass is 16.3. The molecule has 5 nitrogen and oxygen atoms in total. The molecule has 3 heterocycles. The number of likely N-dealkylation sites (tertiary alicyclic amines) is 1. The first-order valence-electron chi connectivity index (χ1n) is 11.0. The summed E-state index contributed by atoms with van der Waals surface area (Å²) in [5.41, 5.74) is 1.77. The van der Waals surface area contributed by atoms with Crippen molar-refractivity contribution < 1.29 is 9.90 Å². The summed E-state index contributed by atoms with van der Waals surface area (Å²) in [4.78, 5) is 17.0. The fourth-order valence-electron chi connectivity index (χ4n) is 5.48. The van der Waals surface area contributed by atoms with Crippen LogP contribution < -0.4 is 10.2 Å². The molecule has 0 unspecified atom stereocenters. The minimum absolute atomic E-state index is 0.143. The summed E-state index contributed by atoms with van der Waals surface area (Å²) in [6.45, 7) is 7.81.